The molecule has 5 heteroatoms. The lowest BCUT2D eigenvalue weighted by molar-refractivity contribution is 0.0717. The Labute approximate surface area is 134 Å². The molecule has 0 spiro atoms. The predicted octanol–water partition coefficient (Wildman–Crippen LogP) is 3.49. The monoisotopic (exact) mass is 316 g/mol. The van der Waals surface area contributed by atoms with Crippen molar-refractivity contribution in [3.63, 3.8) is 0 Å². The molecule has 22 heavy (non-hydrogen) atoms. The molecular weight excluding hydrogens is 296 g/mol. The summed E-state index contributed by atoms with van der Waals surface area (Å²) >= 11 is 1.48. The minimum absolute atomic E-state index is 0.118. The number of likely N-dealkylation sites (tertiary alicyclic amines) is 1. The van der Waals surface area contributed by atoms with E-state index in [-0.39, 0.29) is 5.91 Å². The summed E-state index contributed by atoms with van der Waals surface area (Å²) in [5.74, 6) is 0.883. The molecule has 116 valence electrons. The average Bonchev–Trinajstić information content (AvgIpc) is 2.86. The lowest BCUT2D eigenvalue weighted by Crippen LogP contribution is -2.37. The van der Waals surface area contributed by atoms with Gasteiger partial charge in [-0.2, -0.15) is 0 Å². The van der Waals surface area contributed by atoms with Crippen LogP contribution in [0.5, 0.6) is 5.75 Å². The number of carbonyl (C=O) groups is 1. The van der Waals surface area contributed by atoms with Crippen molar-refractivity contribution < 1.29 is 9.90 Å². The van der Waals surface area contributed by atoms with Gasteiger partial charge in [-0.05, 0) is 50.3 Å². The first-order valence-electron chi connectivity index (χ1n) is 7.57. The molecule has 0 saturated carbocycles. The maximum atomic E-state index is 12.6. The van der Waals surface area contributed by atoms with Gasteiger partial charge in [-0.1, -0.05) is 12.1 Å². The second-order valence-corrected chi connectivity index (χ2v) is 7.01. The Kier molecular flexibility index (Phi) is 4.16. The van der Waals surface area contributed by atoms with Crippen LogP contribution in [0.2, 0.25) is 0 Å². The molecule has 1 N–H and O–H groups in total. The van der Waals surface area contributed by atoms with Crippen LogP contribution >= 0.6 is 11.3 Å². The standard InChI is InChI=1S/C17H20N2O2S/c1-11-16(22-12(2)18-11)17(21)19-9-7-14(8-10-19)13-3-5-15(20)6-4-13/h3-6,14,20H,7-10H2,1-2H3. The summed E-state index contributed by atoms with van der Waals surface area (Å²) in [5.41, 5.74) is 2.09. The number of carbonyl (C=O) groups excluding carboxylic acids is 1. The minimum Gasteiger partial charge on any atom is -0.508 e. The Morgan fingerprint density at radius 3 is 2.41 bits per heavy atom. The molecule has 1 saturated heterocycles. The summed E-state index contributed by atoms with van der Waals surface area (Å²) in [7, 11) is 0. The number of nitrogens with zero attached hydrogens (tertiary/aromatic N) is 2. The number of aromatic hydroxyl groups is 1. The number of piperidine rings is 1. The summed E-state index contributed by atoms with van der Waals surface area (Å²) in [6.07, 6.45) is 1.93. The van der Waals surface area contributed by atoms with Crippen LogP contribution in [0.3, 0.4) is 0 Å². The van der Waals surface area contributed by atoms with E-state index < -0.39 is 0 Å². The maximum absolute atomic E-state index is 12.6. The predicted molar refractivity (Wildman–Crippen MR) is 87.6 cm³/mol. The maximum Gasteiger partial charge on any atom is 0.265 e. The van der Waals surface area contributed by atoms with Crippen molar-refractivity contribution in [3.05, 3.63) is 45.4 Å². The van der Waals surface area contributed by atoms with Crippen molar-refractivity contribution >= 4 is 17.2 Å². The van der Waals surface area contributed by atoms with Crippen LogP contribution in [0.25, 0.3) is 0 Å². The Morgan fingerprint density at radius 2 is 1.86 bits per heavy atom. The fourth-order valence-corrected chi connectivity index (χ4v) is 3.92. The van der Waals surface area contributed by atoms with Crippen LogP contribution in [0.1, 0.15) is 44.7 Å². The van der Waals surface area contributed by atoms with E-state index in [4.69, 9.17) is 0 Å². The number of benzene rings is 1. The van der Waals surface area contributed by atoms with E-state index in [2.05, 4.69) is 4.98 Å². The number of hydrogen-bond acceptors (Lipinski definition) is 4. The molecule has 0 aliphatic carbocycles. The van der Waals surface area contributed by atoms with Gasteiger partial charge in [0.25, 0.3) is 5.91 Å². The largest absolute Gasteiger partial charge is 0.508 e. The van der Waals surface area contributed by atoms with Crippen molar-refractivity contribution in [1.82, 2.24) is 9.88 Å². The molecule has 2 aromatic rings. The third-order valence-electron chi connectivity index (χ3n) is 4.24. The lowest BCUT2D eigenvalue weighted by atomic mass is 9.89. The van der Waals surface area contributed by atoms with E-state index in [0.717, 1.165) is 41.5 Å². The summed E-state index contributed by atoms with van der Waals surface area (Å²) in [6, 6.07) is 7.43. The number of aryl methyl sites for hydroxylation is 2. The molecule has 2 heterocycles. The van der Waals surface area contributed by atoms with Crippen molar-refractivity contribution in [1.29, 1.82) is 0 Å². The van der Waals surface area contributed by atoms with Crippen molar-refractivity contribution in [2.24, 2.45) is 0 Å². The Bertz CT molecular complexity index is 670. The summed E-state index contributed by atoms with van der Waals surface area (Å²) in [5, 5.41) is 10.3. The Hall–Kier alpha value is -1.88. The molecule has 1 aromatic heterocycles. The minimum atomic E-state index is 0.118. The van der Waals surface area contributed by atoms with Gasteiger partial charge in [-0.15, -0.1) is 11.3 Å². The van der Waals surface area contributed by atoms with E-state index in [9.17, 15) is 9.90 Å². The van der Waals surface area contributed by atoms with E-state index in [1.165, 1.54) is 16.9 Å². The van der Waals surface area contributed by atoms with Gasteiger partial charge in [-0.3, -0.25) is 4.79 Å². The molecule has 1 aromatic carbocycles. The van der Waals surface area contributed by atoms with E-state index in [1.807, 2.05) is 30.9 Å². The molecule has 4 nitrogen and oxygen atoms in total. The van der Waals surface area contributed by atoms with Gasteiger partial charge in [-0.25, -0.2) is 4.98 Å². The summed E-state index contributed by atoms with van der Waals surface area (Å²) in [4.78, 5) is 19.6. The number of thiazole rings is 1. The van der Waals surface area contributed by atoms with Crippen LogP contribution in [0, 0.1) is 13.8 Å². The van der Waals surface area contributed by atoms with Crippen LogP contribution < -0.4 is 0 Å². The third-order valence-corrected chi connectivity index (χ3v) is 5.31. The van der Waals surface area contributed by atoms with Gasteiger partial charge in [0.2, 0.25) is 0 Å². The molecule has 1 fully saturated rings. The zero-order valence-corrected chi connectivity index (χ0v) is 13.7. The smallest absolute Gasteiger partial charge is 0.265 e. The first-order valence-corrected chi connectivity index (χ1v) is 8.38. The molecule has 1 amide bonds. The molecule has 1 aliphatic rings. The summed E-state index contributed by atoms with van der Waals surface area (Å²) in [6.45, 7) is 5.40. The molecule has 0 radical (unpaired) electrons. The lowest BCUT2D eigenvalue weighted by Gasteiger charge is -2.32. The normalized spacial score (nSPS) is 16.0. The number of aromatic nitrogens is 1. The average molecular weight is 316 g/mol. The molecule has 0 unspecified atom stereocenters. The van der Waals surface area contributed by atoms with Crippen LogP contribution in [-0.4, -0.2) is 34.0 Å². The Balaban J connectivity index is 1.65. The number of amides is 1. The van der Waals surface area contributed by atoms with Gasteiger partial charge in [0, 0.05) is 13.1 Å². The van der Waals surface area contributed by atoms with E-state index >= 15 is 0 Å². The highest BCUT2D eigenvalue weighted by Crippen LogP contribution is 2.30. The quantitative estimate of drug-likeness (QED) is 0.923. The fraction of sp³-hybridized carbons (Fsp3) is 0.412. The number of phenols is 1. The fourth-order valence-electron chi connectivity index (χ4n) is 3.04. The van der Waals surface area contributed by atoms with Gasteiger partial charge in [0.15, 0.2) is 0 Å². The molecule has 0 atom stereocenters. The van der Waals surface area contributed by atoms with Gasteiger partial charge in [0.05, 0.1) is 10.7 Å². The molecular formula is C17H20N2O2S. The van der Waals surface area contributed by atoms with Crippen LogP contribution in [0.15, 0.2) is 24.3 Å². The topological polar surface area (TPSA) is 53.4 Å². The third kappa shape index (κ3) is 2.99. The van der Waals surface area contributed by atoms with Gasteiger partial charge < -0.3 is 10.0 Å². The van der Waals surface area contributed by atoms with Crippen molar-refractivity contribution in [2.45, 2.75) is 32.6 Å². The van der Waals surface area contributed by atoms with Crippen molar-refractivity contribution in [2.75, 3.05) is 13.1 Å². The SMILES string of the molecule is Cc1nc(C)c(C(=O)N2CCC(c3ccc(O)cc3)CC2)s1. The summed E-state index contributed by atoms with van der Waals surface area (Å²) < 4.78 is 0. The second kappa shape index (κ2) is 6.08. The van der Waals surface area contributed by atoms with Crippen LogP contribution in [0.4, 0.5) is 0 Å². The molecule has 1 aliphatic heterocycles. The van der Waals surface area contributed by atoms with Gasteiger partial charge in [0.1, 0.15) is 10.6 Å². The Morgan fingerprint density at radius 1 is 1.23 bits per heavy atom. The van der Waals surface area contributed by atoms with E-state index in [0.29, 0.717) is 11.7 Å². The number of phenolic OH excluding ortho intramolecular Hbond substituents is 1. The highest BCUT2D eigenvalue weighted by molar-refractivity contribution is 7.13. The zero-order valence-electron chi connectivity index (χ0n) is 12.9. The molecule has 0 bridgehead atoms. The van der Waals surface area contributed by atoms with Crippen LogP contribution in [-0.2, 0) is 0 Å². The van der Waals surface area contributed by atoms with Crippen molar-refractivity contribution in [3.8, 4) is 5.75 Å². The highest BCUT2D eigenvalue weighted by atomic mass is 32.1. The first kappa shape index (κ1) is 15.0. The first-order chi connectivity index (χ1) is 10.5. The van der Waals surface area contributed by atoms with E-state index in [1.54, 1.807) is 12.1 Å². The van der Waals surface area contributed by atoms with Gasteiger partial charge >= 0.3 is 0 Å². The molecule has 3 rings (SSSR count). The highest BCUT2D eigenvalue weighted by Gasteiger charge is 2.26. The number of hydrogen-bond donors (Lipinski definition) is 1. The zero-order chi connectivity index (χ0) is 15.7. The number of rotatable bonds is 2. The second-order valence-electron chi connectivity index (χ2n) is 5.81.